The first-order valence-corrected chi connectivity index (χ1v) is 9.58. The Bertz CT molecular complexity index is 623. The molecule has 0 atom stereocenters. The van der Waals surface area contributed by atoms with Gasteiger partial charge in [0.1, 0.15) is 17.8 Å². The average molecular weight is 378 g/mol. The zero-order valence-electron chi connectivity index (χ0n) is 18.2. The molecule has 152 valence electrons. The van der Waals surface area contributed by atoms with Crippen molar-refractivity contribution in [1.82, 2.24) is 0 Å². The smallest absolute Gasteiger partial charge is 0.269 e. The fourth-order valence-electron chi connectivity index (χ4n) is 1.58. The number of benzene rings is 2. The van der Waals surface area contributed by atoms with Gasteiger partial charge in [0.15, 0.2) is 0 Å². The maximum absolute atomic E-state index is 10.8. The average Bonchev–Trinajstić information content (AvgIpc) is 2.75. The van der Waals surface area contributed by atoms with Crippen molar-refractivity contribution in [1.29, 1.82) is 0 Å². The summed E-state index contributed by atoms with van der Waals surface area (Å²) in [5.74, 6) is 0.993. The Kier molecular flexibility index (Phi) is 21.1. The van der Waals surface area contributed by atoms with Crippen LogP contribution < -0.4 is 4.74 Å². The number of aldehydes is 1. The predicted octanol–water partition coefficient (Wildman–Crippen LogP) is 7.61. The van der Waals surface area contributed by atoms with Crippen LogP contribution in [0, 0.1) is 17.0 Å². The van der Waals surface area contributed by atoms with Crippen LogP contribution in [-0.4, -0.2) is 11.2 Å². The molecule has 0 N–H and O–H groups in total. The number of hydrogen-bond acceptors (Lipinski definition) is 4. The number of nitro benzene ring substituents is 1. The van der Waals surface area contributed by atoms with Gasteiger partial charge in [0, 0.05) is 17.7 Å². The molecule has 0 aliphatic heterocycles. The first kappa shape index (κ1) is 29.1. The maximum atomic E-state index is 10.8. The van der Waals surface area contributed by atoms with Crippen LogP contribution in [0.4, 0.5) is 5.69 Å². The van der Waals surface area contributed by atoms with Crippen molar-refractivity contribution in [2.24, 2.45) is 0 Å². The Hall–Kier alpha value is -2.69. The second-order valence-electron chi connectivity index (χ2n) is 3.99. The van der Waals surface area contributed by atoms with E-state index in [2.05, 4.69) is 0 Å². The van der Waals surface area contributed by atoms with Gasteiger partial charge in [-0.3, -0.25) is 14.9 Å². The molecule has 0 heterocycles. The maximum Gasteiger partial charge on any atom is 0.269 e. The second kappa shape index (κ2) is 19.6. The van der Waals surface area contributed by atoms with Crippen molar-refractivity contribution in [3.63, 3.8) is 0 Å². The number of rotatable bonds is 4. The summed E-state index contributed by atoms with van der Waals surface area (Å²) in [7, 11) is 0. The van der Waals surface area contributed by atoms with E-state index in [0.29, 0.717) is 17.1 Å². The van der Waals surface area contributed by atoms with Crippen molar-refractivity contribution >= 4 is 12.0 Å². The number of nitrogens with zero attached hydrogens (tertiary/aromatic N) is 1. The molecule has 0 saturated carbocycles. The molecule has 0 spiro atoms. The standard InChI is InChI=1S/C14H11NO4.4C2H6/c1-10-2-5-14(8-11(10)9-16)19-13-6-3-12(4-7-13)15(17)18;4*1-2/h2-9H,1H3;4*1-2H3. The summed E-state index contributed by atoms with van der Waals surface area (Å²) in [5.41, 5.74) is 1.43. The van der Waals surface area contributed by atoms with Crippen LogP contribution in [0.1, 0.15) is 71.3 Å². The molecule has 0 fully saturated rings. The highest BCUT2D eigenvalue weighted by Gasteiger charge is 2.06. The Morgan fingerprint density at radius 1 is 0.815 bits per heavy atom. The minimum atomic E-state index is -0.472. The summed E-state index contributed by atoms with van der Waals surface area (Å²) >= 11 is 0. The Balaban J connectivity index is -0.000000638. The first-order chi connectivity index (χ1) is 13.1. The summed E-state index contributed by atoms with van der Waals surface area (Å²) in [4.78, 5) is 20.9. The fraction of sp³-hybridized carbons (Fsp3) is 0.409. The molecule has 2 aromatic carbocycles. The van der Waals surface area contributed by atoms with E-state index >= 15 is 0 Å². The van der Waals surface area contributed by atoms with E-state index in [4.69, 9.17) is 4.74 Å². The molecule has 0 bridgehead atoms. The summed E-state index contributed by atoms with van der Waals surface area (Å²) in [6, 6.07) is 10.9. The topological polar surface area (TPSA) is 69.4 Å². The molecule has 0 aliphatic carbocycles. The molecule has 0 amide bonds. The van der Waals surface area contributed by atoms with Crippen LogP contribution in [0.5, 0.6) is 11.5 Å². The Labute approximate surface area is 164 Å². The van der Waals surface area contributed by atoms with Crippen LogP contribution >= 0.6 is 0 Å². The third kappa shape index (κ3) is 11.5. The molecular weight excluding hydrogens is 342 g/mol. The lowest BCUT2D eigenvalue weighted by atomic mass is 10.1. The van der Waals surface area contributed by atoms with Crippen LogP contribution in [0.25, 0.3) is 0 Å². The summed E-state index contributed by atoms with van der Waals surface area (Å²) in [5, 5.41) is 10.5. The van der Waals surface area contributed by atoms with Gasteiger partial charge >= 0.3 is 0 Å². The third-order valence-electron chi connectivity index (χ3n) is 2.66. The van der Waals surface area contributed by atoms with Gasteiger partial charge in [0.25, 0.3) is 5.69 Å². The number of hydrogen-bond donors (Lipinski definition) is 0. The quantitative estimate of drug-likeness (QED) is 0.312. The van der Waals surface area contributed by atoms with Crippen molar-refractivity contribution < 1.29 is 14.5 Å². The monoisotopic (exact) mass is 377 g/mol. The molecule has 5 heteroatoms. The molecule has 5 nitrogen and oxygen atoms in total. The number of nitro groups is 1. The normalized spacial score (nSPS) is 7.89. The van der Waals surface area contributed by atoms with Gasteiger partial charge in [-0.15, -0.1) is 0 Å². The van der Waals surface area contributed by atoms with Crippen molar-refractivity contribution in [2.75, 3.05) is 0 Å². The van der Waals surface area contributed by atoms with Crippen LogP contribution in [-0.2, 0) is 0 Å². The van der Waals surface area contributed by atoms with Gasteiger partial charge in [-0.05, 0) is 36.8 Å². The molecule has 0 aromatic heterocycles. The number of non-ortho nitro benzene ring substituents is 1. The molecule has 0 saturated heterocycles. The molecule has 0 radical (unpaired) electrons. The van der Waals surface area contributed by atoms with Crippen LogP contribution in [0.2, 0.25) is 0 Å². The third-order valence-corrected chi connectivity index (χ3v) is 2.66. The molecular formula is C22H35NO4. The van der Waals surface area contributed by atoms with E-state index in [1.54, 1.807) is 18.2 Å². The Morgan fingerprint density at radius 3 is 1.67 bits per heavy atom. The Morgan fingerprint density at radius 2 is 1.26 bits per heavy atom. The van der Waals surface area contributed by atoms with E-state index in [-0.39, 0.29) is 5.69 Å². The SMILES string of the molecule is CC.CC.CC.CC.Cc1ccc(Oc2ccc([N+](=O)[O-])cc2)cc1C=O. The number of aryl methyl sites for hydroxylation is 1. The number of ether oxygens (including phenoxy) is 1. The van der Waals surface area contributed by atoms with Gasteiger partial charge in [-0.2, -0.15) is 0 Å². The molecule has 2 rings (SSSR count). The highest BCUT2D eigenvalue weighted by Crippen LogP contribution is 2.25. The van der Waals surface area contributed by atoms with E-state index in [1.165, 1.54) is 24.3 Å². The highest BCUT2D eigenvalue weighted by atomic mass is 16.6. The fourth-order valence-corrected chi connectivity index (χ4v) is 1.58. The largest absolute Gasteiger partial charge is 0.457 e. The van der Waals surface area contributed by atoms with Gasteiger partial charge in [-0.25, -0.2) is 0 Å². The second-order valence-corrected chi connectivity index (χ2v) is 3.99. The lowest BCUT2D eigenvalue weighted by Crippen LogP contribution is -1.90. The van der Waals surface area contributed by atoms with E-state index in [0.717, 1.165) is 11.8 Å². The molecule has 0 aliphatic rings. The van der Waals surface area contributed by atoms with Gasteiger partial charge in [0.05, 0.1) is 4.92 Å². The van der Waals surface area contributed by atoms with Gasteiger partial charge < -0.3 is 4.74 Å². The predicted molar refractivity (Wildman–Crippen MR) is 115 cm³/mol. The van der Waals surface area contributed by atoms with Gasteiger partial charge in [0.2, 0.25) is 0 Å². The summed E-state index contributed by atoms with van der Waals surface area (Å²) in [6.45, 7) is 17.8. The molecule has 0 unspecified atom stereocenters. The van der Waals surface area contributed by atoms with Crippen molar-refractivity contribution in [3.8, 4) is 11.5 Å². The van der Waals surface area contributed by atoms with E-state index in [9.17, 15) is 14.9 Å². The van der Waals surface area contributed by atoms with E-state index in [1.807, 2.05) is 62.3 Å². The van der Waals surface area contributed by atoms with Crippen molar-refractivity contribution in [2.45, 2.75) is 62.3 Å². The van der Waals surface area contributed by atoms with Crippen LogP contribution in [0.15, 0.2) is 42.5 Å². The molecule has 27 heavy (non-hydrogen) atoms. The van der Waals surface area contributed by atoms with Crippen molar-refractivity contribution in [3.05, 3.63) is 63.7 Å². The van der Waals surface area contributed by atoms with Gasteiger partial charge in [-0.1, -0.05) is 61.5 Å². The zero-order valence-corrected chi connectivity index (χ0v) is 18.2. The summed E-state index contributed by atoms with van der Waals surface area (Å²) < 4.78 is 5.53. The minimum absolute atomic E-state index is 0.00448. The summed E-state index contributed by atoms with van der Waals surface area (Å²) in [6.07, 6.45) is 0.762. The number of carbonyl (C=O) groups is 1. The minimum Gasteiger partial charge on any atom is -0.457 e. The molecule has 2 aromatic rings. The van der Waals surface area contributed by atoms with E-state index < -0.39 is 4.92 Å². The van der Waals surface area contributed by atoms with Crippen LogP contribution in [0.3, 0.4) is 0 Å². The lowest BCUT2D eigenvalue weighted by molar-refractivity contribution is -0.384. The zero-order chi connectivity index (χ0) is 21.8. The lowest BCUT2D eigenvalue weighted by Gasteiger charge is -2.07. The number of carbonyl (C=O) groups excluding carboxylic acids is 1. The highest BCUT2D eigenvalue weighted by molar-refractivity contribution is 5.77. The first-order valence-electron chi connectivity index (χ1n) is 9.58.